The molecule has 1 N–H and O–H groups in total. The molecule has 1 saturated carbocycles. The van der Waals surface area contributed by atoms with E-state index in [4.69, 9.17) is 5.11 Å². The van der Waals surface area contributed by atoms with E-state index in [0.29, 0.717) is 12.5 Å². The van der Waals surface area contributed by atoms with Crippen molar-refractivity contribution >= 4 is 15.8 Å². The molecule has 1 aliphatic carbocycles. The van der Waals surface area contributed by atoms with Gasteiger partial charge in [-0.25, -0.2) is 17.2 Å². The van der Waals surface area contributed by atoms with Gasteiger partial charge in [0.2, 0.25) is 0 Å². The summed E-state index contributed by atoms with van der Waals surface area (Å²) in [6.45, 7) is 0. The summed E-state index contributed by atoms with van der Waals surface area (Å²) in [4.78, 5) is 10.4. The van der Waals surface area contributed by atoms with Crippen LogP contribution in [0.25, 0.3) is 0 Å². The molecule has 0 aromatic heterocycles. The second kappa shape index (κ2) is 4.01. The first-order valence-corrected chi connectivity index (χ1v) is 6.73. The summed E-state index contributed by atoms with van der Waals surface area (Å²) in [7, 11) is -4.35. The van der Waals surface area contributed by atoms with Crippen molar-refractivity contribution in [1.29, 1.82) is 0 Å². The Labute approximate surface area is 102 Å². The summed E-state index contributed by atoms with van der Waals surface area (Å²) >= 11 is 0. The van der Waals surface area contributed by atoms with Gasteiger partial charge in [0.15, 0.2) is 14.6 Å². The first kappa shape index (κ1) is 12.9. The van der Waals surface area contributed by atoms with E-state index < -0.39 is 37.1 Å². The molecule has 98 valence electrons. The lowest BCUT2D eigenvalue weighted by Gasteiger charge is -2.36. The quantitative estimate of drug-likeness (QED) is 0.854. The second-order valence-electron chi connectivity index (χ2n) is 4.23. The zero-order chi connectivity index (χ0) is 13.6. The molecule has 0 spiro atoms. The van der Waals surface area contributed by atoms with Crippen molar-refractivity contribution in [2.75, 3.05) is 0 Å². The van der Waals surface area contributed by atoms with Crippen molar-refractivity contribution in [3.63, 3.8) is 0 Å². The van der Waals surface area contributed by atoms with Crippen LogP contribution in [-0.2, 0) is 14.6 Å². The Morgan fingerprint density at radius 3 is 2.28 bits per heavy atom. The summed E-state index contributed by atoms with van der Waals surface area (Å²) in [6, 6.07) is 1.99. The highest BCUT2D eigenvalue weighted by Gasteiger charge is 2.56. The SMILES string of the molecule is O=C(O)C1(S(=O)(=O)c2ccc(F)cc2F)CCC1. The number of sulfone groups is 1. The third-order valence-corrected chi connectivity index (χ3v) is 5.77. The number of aliphatic carboxylic acids is 1. The molecular formula is C11H10F2O4S. The van der Waals surface area contributed by atoms with E-state index in [1.807, 2.05) is 0 Å². The summed E-state index contributed by atoms with van der Waals surface area (Å²) < 4.78 is 48.6. The van der Waals surface area contributed by atoms with Crippen LogP contribution in [0.2, 0.25) is 0 Å². The van der Waals surface area contributed by atoms with Crippen LogP contribution < -0.4 is 0 Å². The number of hydrogen-bond acceptors (Lipinski definition) is 3. The normalized spacial score (nSPS) is 18.1. The molecule has 1 aromatic carbocycles. The van der Waals surface area contributed by atoms with Gasteiger partial charge in [0.05, 0.1) is 0 Å². The van der Waals surface area contributed by atoms with Crippen molar-refractivity contribution in [2.45, 2.75) is 28.9 Å². The third kappa shape index (κ3) is 1.61. The summed E-state index contributed by atoms with van der Waals surface area (Å²) in [5.74, 6) is -3.66. The first-order valence-electron chi connectivity index (χ1n) is 5.24. The van der Waals surface area contributed by atoms with Crippen LogP contribution in [0.1, 0.15) is 19.3 Å². The topological polar surface area (TPSA) is 71.4 Å². The van der Waals surface area contributed by atoms with E-state index in [9.17, 15) is 22.0 Å². The number of hydrogen-bond donors (Lipinski definition) is 1. The predicted molar refractivity (Wildman–Crippen MR) is 57.8 cm³/mol. The van der Waals surface area contributed by atoms with Crippen LogP contribution in [0.4, 0.5) is 8.78 Å². The zero-order valence-corrected chi connectivity index (χ0v) is 10.0. The van der Waals surface area contributed by atoms with Gasteiger partial charge in [-0.2, -0.15) is 0 Å². The van der Waals surface area contributed by atoms with Crippen molar-refractivity contribution in [1.82, 2.24) is 0 Å². The van der Waals surface area contributed by atoms with Crippen LogP contribution in [0, 0.1) is 11.6 Å². The van der Waals surface area contributed by atoms with E-state index >= 15 is 0 Å². The van der Waals surface area contributed by atoms with Crippen LogP contribution in [0.3, 0.4) is 0 Å². The Kier molecular flexibility index (Phi) is 2.89. The molecule has 0 bridgehead atoms. The Morgan fingerprint density at radius 2 is 1.89 bits per heavy atom. The molecule has 0 atom stereocenters. The van der Waals surface area contributed by atoms with Crippen molar-refractivity contribution in [3.05, 3.63) is 29.8 Å². The maximum Gasteiger partial charge on any atom is 0.325 e. The highest BCUT2D eigenvalue weighted by molar-refractivity contribution is 7.93. The molecular weight excluding hydrogens is 266 g/mol. The average Bonchev–Trinajstić information content (AvgIpc) is 2.12. The van der Waals surface area contributed by atoms with Gasteiger partial charge in [-0.3, -0.25) is 4.79 Å². The molecule has 0 heterocycles. The lowest BCUT2D eigenvalue weighted by atomic mass is 9.84. The van der Waals surface area contributed by atoms with Gasteiger partial charge in [-0.15, -0.1) is 0 Å². The van der Waals surface area contributed by atoms with Gasteiger partial charge in [0.1, 0.15) is 16.5 Å². The molecule has 0 saturated heterocycles. The Bertz CT molecular complexity index is 605. The minimum atomic E-state index is -4.35. The number of halogens is 2. The zero-order valence-electron chi connectivity index (χ0n) is 9.19. The molecule has 0 aliphatic heterocycles. The fourth-order valence-corrected chi connectivity index (χ4v) is 4.04. The van der Waals surface area contributed by atoms with Gasteiger partial charge in [-0.1, -0.05) is 0 Å². The van der Waals surface area contributed by atoms with Gasteiger partial charge < -0.3 is 5.11 Å². The summed E-state index contributed by atoms with van der Waals surface area (Å²) in [5, 5.41) is 9.05. The molecule has 0 unspecified atom stereocenters. The molecule has 0 amide bonds. The summed E-state index contributed by atoms with van der Waals surface area (Å²) in [5.41, 5.74) is 0. The average molecular weight is 276 g/mol. The van der Waals surface area contributed by atoms with Gasteiger partial charge in [0, 0.05) is 6.07 Å². The molecule has 7 heteroatoms. The second-order valence-corrected chi connectivity index (χ2v) is 6.46. The maximum absolute atomic E-state index is 13.5. The van der Waals surface area contributed by atoms with Crippen molar-refractivity contribution in [2.24, 2.45) is 0 Å². The number of rotatable bonds is 3. The molecule has 4 nitrogen and oxygen atoms in total. The number of carbonyl (C=O) groups is 1. The van der Waals surface area contributed by atoms with E-state index in [1.54, 1.807) is 0 Å². The minimum absolute atomic E-state index is 0.0541. The number of carboxylic acids is 1. The lowest BCUT2D eigenvalue weighted by molar-refractivity contribution is -0.142. The lowest BCUT2D eigenvalue weighted by Crippen LogP contribution is -2.52. The standard InChI is InChI=1S/C11H10F2O4S/c12-7-2-3-9(8(13)6-7)18(16,17)11(10(14)15)4-1-5-11/h2-3,6H,1,4-5H2,(H,14,15). The van der Waals surface area contributed by atoms with Crippen molar-refractivity contribution < 1.29 is 27.1 Å². The molecule has 0 radical (unpaired) electrons. The Hall–Kier alpha value is -1.50. The van der Waals surface area contributed by atoms with Gasteiger partial charge >= 0.3 is 5.97 Å². The van der Waals surface area contributed by atoms with E-state index in [2.05, 4.69) is 0 Å². The minimum Gasteiger partial charge on any atom is -0.480 e. The molecule has 1 aromatic rings. The highest BCUT2D eigenvalue weighted by Crippen LogP contribution is 2.43. The Morgan fingerprint density at radius 1 is 1.28 bits per heavy atom. The van der Waals surface area contributed by atoms with E-state index in [-0.39, 0.29) is 12.8 Å². The number of benzene rings is 1. The fraction of sp³-hybridized carbons (Fsp3) is 0.364. The van der Waals surface area contributed by atoms with Crippen LogP contribution in [-0.4, -0.2) is 24.2 Å². The van der Waals surface area contributed by atoms with E-state index in [1.165, 1.54) is 0 Å². The van der Waals surface area contributed by atoms with E-state index in [0.717, 1.165) is 12.1 Å². The Balaban J connectivity index is 2.58. The largest absolute Gasteiger partial charge is 0.480 e. The molecule has 1 aliphatic rings. The molecule has 1 fully saturated rings. The smallest absolute Gasteiger partial charge is 0.325 e. The van der Waals surface area contributed by atoms with Gasteiger partial charge in [-0.05, 0) is 31.4 Å². The first-order chi connectivity index (χ1) is 8.31. The predicted octanol–water partition coefficient (Wildman–Crippen LogP) is 1.75. The molecule has 2 rings (SSSR count). The van der Waals surface area contributed by atoms with Crippen LogP contribution >= 0.6 is 0 Å². The van der Waals surface area contributed by atoms with Crippen LogP contribution in [0.15, 0.2) is 23.1 Å². The molecule has 18 heavy (non-hydrogen) atoms. The third-order valence-electron chi connectivity index (χ3n) is 3.25. The monoisotopic (exact) mass is 276 g/mol. The maximum atomic E-state index is 13.5. The number of carboxylic acid groups (broad SMARTS) is 1. The van der Waals surface area contributed by atoms with Crippen molar-refractivity contribution in [3.8, 4) is 0 Å². The summed E-state index contributed by atoms with van der Waals surface area (Å²) in [6.07, 6.45) is 0.345. The fourth-order valence-electron chi connectivity index (χ4n) is 2.00. The van der Waals surface area contributed by atoms with Gasteiger partial charge in [0.25, 0.3) is 0 Å². The highest BCUT2D eigenvalue weighted by atomic mass is 32.2. The van der Waals surface area contributed by atoms with Crippen LogP contribution in [0.5, 0.6) is 0 Å².